The van der Waals surface area contributed by atoms with Crippen LogP contribution < -0.4 is 4.74 Å². The van der Waals surface area contributed by atoms with Gasteiger partial charge in [0.15, 0.2) is 0 Å². The minimum atomic E-state index is -0.710. The molecule has 0 spiro atoms. The van der Waals surface area contributed by atoms with Gasteiger partial charge in [-0.15, -0.1) is 0 Å². The Morgan fingerprint density at radius 3 is 2.95 bits per heavy atom. The third-order valence-electron chi connectivity index (χ3n) is 3.94. The number of nitrogens with zero attached hydrogens (tertiary/aromatic N) is 1. The van der Waals surface area contributed by atoms with E-state index in [9.17, 15) is 9.18 Å². The van der Waals surface area contributed by atoms with Crippen molar-refractivity contribution in [2.75, 3.05) is 26.9 Å². The van der Waals surface area contributed by atoms with E-state index in [4.69, 9.17) is 9.47 Å². The molecule has 0 saturated carbocycles. The third-order valence-corrected chi connectivity index (χ3v) is 3.94. The van der Waals surface area contributed by atoms with Crippen molar-refractivity contribution in [3.8, 4) is 5.75 Å². The highest BCUT2D eigenvalue weighted by Gasteiger charge is 2.41. The normalized spacial score (nSPS) is 22.2. The van der Waals surface area contributed by atoms with Crippen LogP contribution in [0.2, 0.25) is 0 Å². The summed E-state index contributed by atoms with van der Waals surface area (Å²) in [5.41, 5.74) is -0.0630. The van der Waals surface area contributed by atoms with Gasteiger partial charge in [0.05, 0.1) is 25.9 Å². The zero-order chi connectivity index (χ0) is 15.5. The Labute approximate surface area is 124 Å². The number of carbonyl (C=O) groups excluding carboxylic acids is 1. The van der Waals surface area contributed by atoms with E-state index in [-0.39, 0.29) is 11.7 Å². The van der Waals surface area contributed by atoms with Gasteiger partial charge in [0, 0.05) is 18.5 Å². The van der Waals surface area contributed by atoms with E-state index in [1.54, 1.807) is 18.1 Å². The lowest BCUT2D eigenvalue weighted by Crippen LogP contribution is -2.55. The van der Waals surface area contributed by atoms with Gasteiger partial charge in [0.2, 0.25) is 5.91 Å². The van der Waals surface area contributed by atoms with E-state index in [1.165, 1.54) is 12.1 Å². The predicted octanol–water partition coefficient (Wildman–Crippen LogP) is 2.71. The fraction of sp³-hybridized carbons (Fsp3) is 0.562. The maximum Gasteiger partial charge on any atom is 0.223 e. The molecule has 1 aromatic rings. The number of methoxy groups -OCH3 is 1. The van der Waals surface area contributed by atoms with Crippen molar-refractivity contribution < 1.29 is 18.7 Å². The first-order chi connectivity index (χ1) is 10.0. The first kappa shape index (κ1) is 15.8. The smallest absolute Gasteiger partial charge is 0.223 e. The van der Waals surface area contributed by atoms with E-state index in [0.717, 1.165) is 6.42 Å². The Balaban J connectivity index is 2.45. The van der Waals surface area contributed by atoms with Gasteiger partial charge in [-0.1, -0.05) is 6.92 Å². The summed E-state index contributed by atoms with van der Waals surface area (Å²) in [4.78, 5) is 14.2. The summed E-state index contributed by atoms with van der Waals surface area (Å²) in [7, 11) is 1.54. The summed E-state index contributed by atoms with van der Waals surface area (Å²) in [5, 5.41) is 0. The van der Waals surface area contributed by atoms with E-state index in [1.807, 2.05) is 13.8 Å². The number of benzene rings is 1. The highest BCUT2D eigenvalue weighted by atomic mass is 19.1. The lowest BCUT2D eigenvalue weighted by Gasteiger charge is -2.45. The van der Waals surface area contributed by atoms with Crippen LogP contribution in [-0.4, -0.2) is 37.7 Å². The van der Waals surface area contributed by atoms with Gasteiger partial charge in [0.25, 0.3) is 0 Å². The number of ether oxygens (including phenoxy) is 2. The molecule has 1 aliphatic heterocycles. The molecule has 0 aliphatic carbocycles. The summed E-state index contributed by atoms with van der Waals surface area (Å²) in [5.74, 6) is 0.286. The standard InChI is InChI=1S/C16H22FNO3/c1-4-5-15(19)18-8-9-21-11-16(18,2)13-10-12(17)6-7-14(13)20-3/h6-7,10H,4-5,8-9,11H2,1-3H3. The number of morpholine rings is 1. The second-order valence-corrected chi connectivity index (χ2v) is 5.47. The Kier molecular flexibility index (Phi) is 4.83. The summed E-state index contributed by atoms with van der Waals surface area (Å²) < 4.78 is 24.6. The molecule has 5 heteroatoms. The van der Waals surface area contributed by atoms with Crippen molar-refractivity contribution in [2.24, 2.45) is 0 Å². The Morgan fingerprint density at radius 2 is 2.29 bits per heavy atom. The molecule has 21 heavy (non-hydrogen) atoms. The van der Waals surface area contributed by atoms with Crippen LogP contribution in [0.15, 0.2) is 18.2 Å². The topological polar surface area (TPSA) is 38.8 Å². The SMILES string of the molecule is CCCC(=O)N1CCOCC1(C)c1cc(F)ccc1OC. The molecule has 1 unspecified atom stereocenters. The number of rotatable bonds is 4. The molecule has 1 saturated heterocycles. The average molecular weight is 295 g/mol. The maximum absolute atomic E-state index is 13.7. The van der Waals surface area contributed by atoms with Crippen LogP contribution in [0.25, 0.3) is 0 Å². The fourth-order valence-corrected chi connectivity index (χ4v) is 2.82. The lowest BCUT2D eigenvalue weighted by atomic mass is 9.88. The highest BCUT2D eigenvalue weighted by molar-refractivity contribution is 5.77. The second kappa shape index (κ2) is 6.43. The monoisotopic (exact) mass is 295 g/mol. The van der Waals surface area contributed by atoms with Gasteiger partial charge < -0.3 is 14.4 Å². The molecular weight excluding hydrogens is 273 g/mol. The minimum absolute atomic E-state index is 0.0645. The van der Waals surface area contributed by atoms with Crippen molar-refractivity contribution in [2.45, 2.75) is 32.2 Å². The van der Waals surface area contributed by atoms with Crippen LogP contribution in [0.5, 0.6) is 5.75 Å². The Bertz CT molecular complexity index is 520. The van der Waals surface area contributed by atoms with Gasteiger partial charge in [-0.3, -0.25) is 4.79 Å². The first-order valence-electron chi connectivity index (χ1n) is 7.25. The molecule has 0 bridgehead atoms. The molecule has 1 heterocycles. The fourth-order valence-electron chi connectivity index (χ4n) is 2.82. The van der Waals surface area contributed by atoms with Crippen molar-refractivity contribution in [3.63, 3.8) is 0 Å². The van der Waals surface area contributed by atoms with Gasteiger partial charge in [-0.2, -0.15) is 0 Å². The van der Waals surface area contributed by atoms with Crippen LogP contribution in [0.1, 0.15) is 32.3 Å². The zero-order valence-corrected chi connectivity index (χ0v) is 12.8. The molecule has 116 valence electrons. The molecule has 1 fully saturated rings. The van der Waals surface area contributed by atoms with Crippen LogP contribution >= 0.6 is 0 Å². The number of halogens is 1. The quantitative estimate of drug-likeness (QED) is 0.857. The second-order valence-electron chi connectivity index (χ2n) is 5.47. The molecule has 4 nitrogen and oxygen atoms in total. The number of hydrogen-bond donors (Lipinski definition) is 0. The van der Waals surface area contributed by atoms with Crippen molar-refractivity contribution in [1.29, 1.82) is 0 Å². The third kappa shape index (κ3) is 3.02. The molecule has 0 aromatic heterocycles. The van der Waals surface area contributed by atoms with Crippen LogP contribution in [0.4, 0.5) is 4.39 Å². The van der Waals surface area contributed by atoms with Crippen LogP contribution in [-0.2, 0) is 15.1 Å². The summed E-state index contributed by atoms with van der Waals surface area (Å²) in [6, 6.07) is 4.38. The molecule has 1 amide bonds. The minimum Gasteiger partial charge on any atom is -0.496 e. The maximum atomic E-state index is 13.7. The zero-order valence-electron chi connectivity index (χ0n) is 12.8. The Hall–Kier alpha value is -1.62. The lowest BCUT2D eigenvalue weighted by molar-refractivity contribution is -0.149. The predicted molar refractivity (Wildman–Crippen MR) is 77.7 cm³/mol. The van der Waals surface area contributed by atoms with E-state index in [0.29, 0.717) is 37.5 Å². The van der Waals surface area contributed by atoms with Gasteiger partial charge in [-0.05, 0) is 31.5 Å². The molecule has 1 aromatic carbocycles. The molecule has 0 radical (unpaired) electrons. The highest BCUT2D eigenvalue weighted by Crippen LogP contribution is 2.37. The summed E-state index contributed by atoms with van der Waals surface area (Å²) in [6.45, 7) is 5.22. The molecule has 1 aliphatic rings. The summed E-state index contributed by atoms with van der Waals surface area (Å²) >= 11 is 0. The summed E-state index contributed by atoms with van der Waals surface area (Å²) in [6.07, 6.45) is 1.26. The van der Waals surface area contributed by atoms with Crippen molar-refractivity contribution >= 4 is 5.91 Å². The van der Waals surface area contributed by atoms with Crippen LogP contribution in [0.3, 0.4) is 0 Å². The molecule has 0 N–H and O–H groups in total. The molecule has 2 rings (SSSR count). The van der Waals surface area contributed by atoms with Crippen LogP contribution in [0, 0.1) is 5.82 Å². The van der Waals surface area contributed by atoms with Gasteiger partial charge in [-0.25, -0.2) is 4.39 Å². The van der Waals surface area contributed by atoms with E-state index >= 15 is 0 Å². The average Bonchev–Trinajstić information content (AvgIpc) is 2.48. The van der Waals surface area contributed by atoms with Gasteiger partial charge in [0.1, 0.15) is 11.6 Å². The van der Waals surface area contributed by atoms with Gasteiger partial charge >= 0.3 is 0 Å². The first-order valence-corrected chi connectivity index (χ1v) is 7.25. The Morgan fingerprint density at radius 1 is 1.52 bits per heavy atom. The van der Waals surface area contributed by atoms with E-state index < -0.39 is 5.54 Å². The largest absolute Gasteiger partial charge is 0.496 e. The van der Waals surface area contributed by atoms with E-state index in [2.05, 4.69) is 0 Å². The molecular formula is C16H22FNO3. The van der Waals surface area contributed by atoms with Crippen molar-refractivity contribution in [3.05, 3.63) is 29.6 Å². The molecule has 1 atom stereocenters. The number of carbonyl (C=O) groups is 1. The number of amides is 1. The van der Waals surface area contributed by atoms with Crippen molar-refractivity contribution in [1.82, 2.24) is 4.90 Å². The number of hydrogen-bond acceptors (Lipinski definition) is 3.